The van der Waals surface area contributed by atoms with E-state index < -0.39 is 10.2 Å². The molecule has 0 saturated carbocycles. The van der Waals surface area contributed by atoms with Gasteiger partial charge >= 0.3 is 17.1 Å². The van der Waals surface area contributed by atoms with Crippen LogP contribution in [0, 0.1) is 37.6 Å². The maximum absolute atomic E-state index is 8.25. The van der Waals surface area contributed by atoms with Crippen molar-refractivity contribution >= 4 is 16.6 Å². The number of benzene rings is 1. The number of aromatic nitrogens is 2. The molecular weight excluding hydrogens is 410 g/mol. The standard InChI is InChI=1S/C15H13N3.Cu.2NO3/c1-10-5-4-8-13(17-10)14-9-11-6-2-3-7-12(11)15(16)18-14;;2*2-1(3)4/h2-9H,1H3,(H2,16,18);;;/q;+2;2*-1. The molecular formula is C15H13CuN5O6. The van der Waals surface area contributed by atoms with E-state index >= 15 is 0 Å². The Hall–Kier alpha value is -3.50. The Labute approximate surface area is 163 Å². The van der Waals surface area contributed by atoms with Crippen LogP contribution in [0.1, 0.15) is 5.69 Å². The summed E-state index contributed by atoms with van der Waals surface area (Å²) in [4.78, 5) is 25.4. The third-order valence-electron chi connectivity index (χ3n) is 2.92. The fourth-order valence-electron chi connectivity index (χ4n) is 2.04. The summed E-state index contributed by atoms with van der Waals surface area (Å²) in [6.45, 7) is 1.97. The minimum atomic E-state index is -1.75. The molecule has 3 rings (SSSR count). The van der Waals surface area contributed by atoms with Gasteiger partial charge in [-0.2, -0.15) is 0 Å². The molecule has 145 valence electrons. The fourth-order valence-corrected chi connectivity index (χ4v) is 2.04. The molecule has 2 aromatic heterocycles. The molecule has 0 fully saturated rings. The number of hydrogen-bond acceptors (Lipinski definition) is 9. The maximum atomic E-state index is 8.25. The molecule has 1 aromatic carbocycles. The zero-order chi connectivity index (χ0) is 19.7. The average Bonchev–Trinajstić information content (AvgIpc) is 2.54. The van der Waals surface area contributed by atoms with Gasteiger partial charge in [-0.3, -0.25) is 4.98 Å². The normalized spacial score (nSPS) is 8.93. The van der Waals surface area contributed by atoms with Crippen molar-refractivity contribution in [3.05, 3.63) is 84.9 Å². The van der Waals surface area contributed by atoms with Crippen molar-refractivity contribution in [2.75, 3.05) is 5.73 Å². The molecule has 0 amide bonds. The van der Waals surface area contributed by atoms with Crippen LogP contribution in [0.25, 0.3) is 22.2 Å². The van der Waals surface area contributed by atoms with Gasteiger partial charge in [0, 0.05) is 11.1 Å². The number of nitrogens with two attached hydrogens (primary N) is 1. The van der Waals surface area contributed by atoms with E-state index in [-0.39, 0.29) is 17.1 Å². The van der Waals surface area contributed by atoms with Gasteiger partial charge in [0.05, 0.1) is 21.6 Å². The Morgan fingerprint density at radius 2 is 1.41 bits per heavy atom. The van der Waals surface area contributed by atoms with Crippen LogP contribution < -0.4 is 5.73 Å². The van der Waals surface area contributed by atoms with Crippen molar-refractivity contribution in [3.8, 4) is 11.4 Å². The van der Waals surface area contributed by atoms with E-state index in [9.17, 15) is 0 Å². The number of pyridine rings is 2. The van der Waals surface area contributed by atoms with Gasteiger partial charge in [-0.1, -0.05) is 30.3 Å². The summed E-state index contributed by atoms with van der Waals surface area (Å²) < 4.78 is 0. The van der Waals surface area contributed by atoms with Crippen LogP contribution in [0.2, 0.25) is 0 Å². The molecule has 1 radical (unpaired) electrons. The monoisotopic (exact) mass is 422 g/mol. The third kappa shape index (κ3) is 8.43. The van der Waals surface area contributed by atoms with Crippen molar-refractivity contribution in [2.24, 2.45) is 0 Å². The van der Waals surface area contributed by atoms with Gasteiger partial charge < -0.3 is 36.4 Å². The van der Waals surface area contributed by atoms with Crippen molar-refractivity contribution < 1.29 is 27.2 Å². The summed E-state index contributed by atoms with van der Waals surface area (Å²) in [5.41, 5.74) is 8.64. The second-order valence-corrected chi connectivity index (χ2v) is 4.73. The summed E-state index contributed by atoms with van der Waals surface area (Å²) in [7, 11) is 0. The fraction of sp³-hybridized carbons (Fsp3) is 0.0667. The number of fused-ring (bicyclic) bond motifs is 1. The van der Waals surface area contributed by atoms with Crippen molar-refractivity contribution in [2.45, 2.75) is 6.92 Å². The van der Waals surface area contributed by atoms with Crippen molar-refractivity contribution in [1.29, 1.82) is 0 Å². The average molecular weight is 423 g/mol. The van der Waals surface area contributed by atoms with Gasteiger partial charge in [-0.15, -0.1) is 0 Å². The molecule has 2 heterocycles. The number of nitrogens with zero attached hydrogens (tertiary/aromatic N) is 4. The van der Waals surface area contributed by atoms with Gasteiger partial charge in [0.15, 0.2) is 0 Å². The van der Waals surface area contributed by atoms with E-state index in [1.54, 1.807) is 0 Å². The molecule has 11 nitrogen and oxygen atoms in total. The minimum absolute atomic E-state index is 0. The molecule has 3 aromatic rings. The molecule has 0 unspecified atom stereocenters. The van der Waals surface area contributed by atoms with Gasteiger partial charge in [0.1, 0.15) is 5.82 Å². The second-order valence-electron chi connectivity index (χ2n) is 4.73. The van der Waals surface area contributed by atoms with E-state index in [4.69, 9.17) is 36.4 Å². The van der Waals surface area contributed by atoms with Gasteiger partial charge in [-0.05, 0) is 30.5 Å². The SMILES string of the molecule is Cc1cccc(-c2cc3ccccc3c(N)n2)n1.O=[N+]([O-])[O-].O=[N+]([O-])[O-].[Cu+2]. The van der Waals surface area contributed by atoms with Gasteiger partial charge in [-0.25, -0.2) is 4.98 Å². The van der Waals surface area contributed by atoms with Gasteiger partial charge in [0.2, 0.25) is 0 Å². The summed E-state index contributed by atoms with van der Waals surface area (Å²) in [6.07, 6.45) is 0. The molecule has 0 aliphatic carbocycles. The number of aryl methyl sites for hydroxylation is 1. The topological polar surface area (TPSA) is 184 Å². The number of anilines is 1. The first-order chi connectivity index (χ1) is 12.2. The summed E-state index contributed by atoms with van der Waals surface area (Å²) >= 11 is 0. The number of rotatable bonds is 1. The van der Waals surface area contributed by atoms with Crippen LogP contribution in [0.3, 0.4) is 0 Å². The summed E-state index contributed by atoms with van der Waals surface area (Å²) in [5, 5.41) is 31.6. The van der Waals surface area contributed by atoms with Crippen LogP contribution in [0.4, 0.5) is 5.82 Å². The minimum Gasteiger partial charge on any atom is -0.383 e. The molecule has 0 aliphatic heterocycles. The number of nitrogen functional groups attached to an aromatic ring is 1. The Kier molecular flexibility index (Phi) is 9.73. The van der Waals surface area contributed by atoms with Crippen LogP contribution in [0.5, 0.6) is 0 Å². The summed E-state index contributed by atoms with van der Waals surface area (Å²) in [6, 6.07) is 15.9. The first-order valence-corrected chi connectivity index (χ1v) is 6.93. The molecule has 0 spiro atoms. The smallest absolute Gasteiger partial charge is 0.383 e. The quantitative estimate of drug-likeness (QED) is 0.349. The zero-order valence-corrected chi connectivity index (χ0v) is 14.7. The second kappa shape index (κ2) is 11.2. The maximum Gasteiger partial charge on any atom is 2.00 e. The van der Waals surface area contributed by atoms with Crippen molar-refractivity contribution in [1.82, 2.24) is 9.97 Å². The van der Waals surface area contributed by atoms with Gasteiger partial charge in [0.25, 0.3) is 0 Å². The first-order valence-electron chi connectivity index (χ1n) is 6.93. The van der Waals surface area contributed by atoms with Crippen LogP contribution in [0.15, 0.2) is 48.5 Å². The molecule has 27 heavy (non-hydrogen) atoms. The van der Waals surface area contributed by atoms with Crippen LogP contribution >= 0.6 is 0 Å². The number of hydrogen-bond donors (Lipinski definition) is 1. The predicted molar refractivity (Wildman–Crippen MR) is 94.8 cm³/mol. The molecule has 12 heteroatoms. The first kappa shape index (κ1) is 23.5. The van der Waals surface area contributed by atoms with E-state index in [0.717, 1.165) is 27.9 Å². The predicted octanol–water partition coefficient (Wildman–Crippen LogP) is 2.71. The van der Waals surface area contributed by atoms with E-state index in [1.807, 2.05) is 55.5 Å². The summed E-state index contributed by atoms with van der Waals surface area (Å²) in [5.74, 6) is 0.548. The van der Waals surface area contributed by atoms with E-state index in [1.165, 1.54) is 0 Å². The molecule has 2 N–H and O–H groups in total. The molecule has 0 aliphatic rings. The molecule has 0 saturated heterocycles. The zero-order valence-electron chi connectivity index (χ0n) is 13.7. The van der Waals surface area contributed by atoms with E-state index in [0.29, 0.717) is 5.82 Å². The Balaban J connectivity index is 0.000000646. The molecule has 0 atom stereocenters. The molecule has 0 bridgehead atoms. The largest absolute Gasteiger partial charge is 2.00 e. The Morgan fingerprint density at radius 1 is 0.852 bits per heavy atom. The Bertz CT molecular complexity index is 904. The third-order valence-corrected chi connectivity index (χ3v) is 2.92. The van der Waals surface area contributed by atoms with Crippen molar-refractivity contribution in [3.63, 3.8) is 0 Å². The van der Waals surface area contributed by atoms with Crippen LogP contribution in [-0.4, -0.2) is 20.1 Å². The van der Waals surface area contributed by atoms with Crippen LogP contribution in [-0.2, 0) is 17.1 Å². The Morgan fingerprint density at radius 3 is 1.96 bits per heavy atom. The van der Waals surface area contributed by atoms with E-state index in [2.05, 4.69) is 9.97 Å².